The van der Waals surface area contributed by atoms with Crippen LogP contribution >= 0.6 is 0 Å². The van der Waals surface area contributed by atoms with Crippen LogP contribution in [0.5, 0.6) is 5.75 Å². The number of nitrogens with two attached hydrogens (primary N) is 1. The first-order chi connectivity index (χ1) is 8.49. The predicted octanol–water partition coefficient (Wildman–Crippen LogP) is 2.76. The van der Waals surface area contributed by atoms with Crippen LogP contribution in [0.15, 0.2) is 24.3 Å². The van der Waals surface area contributed by atoms with Gasteiger partial charge in [0.15, 0.2) is 0 Å². The van der Waals surface area contributed by atoms with Crippen LogP contribution in [0, 0.1) is 6.92 Å². The van der Waals surface area contributed by atoms with Crippen molar-refractivity contribution in [2.45, 2.75) is 26.9 Å². The maximum atomic E-state index is 6.05. The SMILES string of the molecule is Cc1nc(-c2cccc(OC(C)C)c2)c(N)n1C. The molecule has 2 aromatic rings. The average molecular weight is 245 g/mol. The van der Waals surface area contributed by atoms with E-state index in [4.69, 9.17) is 10.5 Å². The van der Waals surface area contributed by atoms with E-state index in [2.05, 4.69) is 4.98 Å². The number of nitrogen functional groups attached to an aromatic ring is 1. The normalized spacial score (nSPS) is 10.9. The van der Waals surface area contributed by atoms with E-state index in [1.807, 2.05) is 56.7 Å². The molecule has 1 heterocycles. The number of rotatable bonds is 3. The fourth-order valence-corrected chi connectivity index (χ4v) is 1.83. The van der Waals surface area contributed by atoms with Gasteiger partial charge in [0.05, 0.1) is 6.10 Å². The maximum absolute atomic E-state index is 6.05. The van der Waals surface area contributed by atoms with Crippen LogP contribution in [0.4, 0.5) is 5.82 Å². The molecule has 0 unspecified atom stereocenters. The standard InChI is InChI=1S/C14H19N3O/c1-9(2)18-12-7-5-6-11(8-12)13-14(15)17(4)10(3)16-13/h5-9H,15H2,1-4H3. The Morgan fingerprint density at radius 1 is 1.33 bits per heavy atom. The zero-order chi connectivity index (χ0) is 13.3. The molecule has 2 rings (SSSR count). The van der Waals surface area contributed by atoms with Crippen LogP contribution in [0.25, 0.3) is 11.3 Å². The largest absolute Gasteiger partial charge is 0.491 e. The summed E-state index contributed by atoms with van der Waals surface area (Å²) < 4.78 is 7.56. The van der Waals surface area contributed by atoms with Gasteiger partial charge in [-0.05, 0) is 32.9 Å². The predicted molar refractivity (Wildman–Crippen MR) is 73.6 cm³/mol. The first-order valence-electron chi connectivity index (χ1n) is 6.05. The molecule has 0 fully saturated rings. The lowest BCUT2D eigenvalue weighted by Crippen LogP contribution is -2.05. The fraction of sp³-hybridized carbons (Fsp3) is 0.357. The van der Waals surface area contributed by atoms with Crippen LogP contribution in [-0.2, 0) is 7.05 Å². The van der Waals surface area contributed by atoms with Crippen LogP contribution in [0.1, 0.15) is 19.7 Å². The van der Waals surface area contributed by atoms with E-state index in [9.17, 15) is 0 Å². The van der Waals surface area contributed by atoms with Crippen molar-refractivity contribution in [2.24, 2.45) is 7.05 Å². The minimum absolute atomic E-state index is 0.156. The molecule has 96 valence electrons. The number of hydrogen-bond acceptors (Lipinski definition) is 3. The van der Waals surface area contributed by atoms with E-state index in [0.717, 1.165) is 22.8 Å². The number of aryl methyl sites for hydroxylation is 1. The topological polar surface area (TPSA) is 53.1 Å². The zero-order valence-electron chi connectivity index (χ0n) is 11.3. The van der Waals surface area contributed by atoms with Crippen molar-refractivity contribution in [3.8, 4) is 17.0 Å². The Kier molecular flexibility index (Phi) is 3.28. The average Bonchev–Trinajstić information content (AvgIpc) is 2.56. The summed E-state index contributed by atoms with van der Waals surface area (Å²) in [5.74, 6) is 2.41. The molecule has 0 aliphatic heterocycles. The quantitative estimate of drug-likeness (QED) is 0.904. The summed E-state index contributed by atoms with van der Waals surface area (Å²) in [7, 11) is 1.91. The van der Waals surface area contributed by atoms with Crippen molar-refractivity contribution >= 4 is 5.82 Å². The van der Waals surface area contributed by atoms with Crippen LogP contribution in [-0.4, -0.2) is 15.7 Å². The van der Waals surface area contributed by atoms with Gasteiger partial charge >= 0.3 is 0 Å². The summed E-state index contributed by atoms with van der Waals surface area (Å²) in [6.45, 7) is 5.95. The molecule has 2 N–H and O–H groups in total. The molecule has 0 amide bonds. The van der Waals surface area contributed by atoms with E-state index in [1.54, 1.807) is 0 Å². The van der Waals surface area contributed by atoms with E-state index in [1.165, 1.54) is 0 Å². The Balaban J connectivity index is 2.41. The third-order valence-electron chi connectivity index (χ3n) is 2.84. The van der Waals surface area contributed by atoms with Crippen LogP contribution < -0.4 is 10.5 Å². The van der Waals surface area contributed by atoms with Gasteiger partial charge < -0.3 is 15.0 Å². The maximum Gasteiger partial charge on any atom is 0.131 e. The van der Waals surface area contributed by atoms with Gasteiger partial charge in [-0.25, -0.2) is 4.98 Å². The number of ether oxygens (including phenoxy) is 1. The lowest BCUT2D eigenvalue weighted by Gasteiger charge is -2.10. The Morgan fingerprint density at radius 2 is 2.06 bits per heavy atom. The van der Waals surface area contributed by atoms with Crippen molar-refractivity contribution in [3.63, 3.8) is 0 Å². The van der Waals surface area contributed by atoms with Gasteiger partial charge in [-0.3, -0.25) is 0 Å². The molecule has 0 spiro atoms. The molecule has 0 aliphatic rings. The number of nitrogens with zero attached hydrogens (tertiary/aromatic N) is 2. The molecule has 4 heteroatoms. The van der Waals surface area contributed by atoms with E-state index >= 15 is 0 Å². The Bertz CT molecular complexity index is 558. The number of imidazole rings is 1. The van der Waals surface area contributed by atoms with E-state index < -0.39 is 0 Å². The molecule has 0 saturated carbocycles. The van der Waals surface area contributed by atoms with Crippen molar-refractivity contribution < 1.29 is 4.74 Å². The van der Waals surface area contributed by atoms with E-state index in [-0.39, 0.29) is 6.10 Å². The highest BCUT2D eigenvalue weighted by atomic mass is 16.5. The first kappa shape index (κ1) is 12.5. The molecule has 0 bridgehead atoms. The van der Waals surface area contributed by atoms with Crippen molar-refractivity contribution in [3.05, 3.63) is 30.1 Å². The molecule has 0 radical (unpaired) electrons. The lowest BCUT2D eigenvalue weighted by molar-refractivity contribution is 0.242. The van der Waals surface area contributed by atoms with Gasteiger partial charge in [0.1, 0.15) is 23.1 Å². The van der Waals surface area contributed by atoms with E-state index in [0.29, 0.717) is 5.82 Å². The highest BCUT2D eigenvalue weighted by Gasteiger charge is 2.11. The summed E-state index contributed by atoms with van der Waals surface area (Å²) in [5.41, 5.74) is 7.84. The van der Waals surface area contributed by atoms with Crippen molar-refractivity contribution in [2.75, 3.05) is 5.73 Å². The van der Waals surface area contributed by atoms with Crippen LogP contribution in [0.3, 0.4) is 0 Å². The Hall–Kier alpha value is -1.97. The van der Waals surface area contributed by atoms with Gasteiger partial charge in [0.2, 0.25) is 0 Å². The molecule has 0 saturated heterocycles. The first-order valence-corrected chi connectivity index (χ1v) is 6.05. The molecule has 4 nitrogen and oxygen atoms in total. The molecule has 0 aliphatic carbocycles. The van der Waals surface area contributed by atoms with Crippen molar-refractivity contribution in [1.29, 1.82) is 0 Å². The zero-order valence-corrected chi connectivity index (χ0v) is 11.3. The fourth-order valence-electron chi connectivity index (χ4n) is 1.83. The summed E-state index contributed by atoms with van der Waals surface area (Å²) in [5, 5.41) is 0. The van der Waals surface area contributed by atoms with Crippen LogP contribution in [0.2, 0.25) is 0 Å². The summed E-state index contributed by atoms with van der Waals surface area (Å²) in [4.78, 5) is 4.48. The Morgan fingerprint density at radius 3 is 2.61 bits per heavy atom. The Labute approximate surface area is 107 Å². The second-order valence-corrected chi connectivity index (χ2v) is 4.65. The van der Waals surface area contributed by atoms with Gasteiger partial charge in [-0.1, -0.05) is 12.1 Å². The molecule has 0 atom stereocenters. The number of benzene rings is 1. The van der Waals surface area contributed by atoms with Gasteiger partial charge in [0.25, 0.3) is 0 Å². The second kappa shape index (κ2) is 4.72. The van der Waals surface area contributed by atoms with Gasteiger partial charge in [0, 0.05) is 12.6 Å². The second-order valence-electron chi connectivity index (χ2n) is 4.65. The summed E-state index contributed by atoms with van der Waals surface area (Å²) in [6, 6.07) is 7.86. The molecular weight excluding hydrogens is 226 g/mol. The lowest BCUT2D eigenvalue weighted by atomic mass is 10.1. The summed E-state index contributed by atoms with van der Waals surface area (Å²) >= 11 is 0. The minimum Gasteiger partial charge on any atom is -0.491 e. The van der Waals surface area contributed by atoms with Gasteiger partial charge in [-0.2, -0.15) is 0 Å². The third kappa shape index (κ3) is 2.32. The smallest absolute Gasteiger partial charge is 0.131 e. The minimum atomic E-state index is 0.156. The highest BCUT2D eigenvalue weighted by molar-refractivity contribution is 5.72. The molecule has 18 heavy (non-hydrogen) atoms. The monoisotopic (exact) mass is 245 g/mol. The number of anilines is 1. The third-order valence-corrected chi connectivity index (χ3v) is 2.84. The van der Waals surface area contributed by atoms with Gasteiger partial charge in [-0.15, -0.1) is 0 Å². The number of aromatic nitrogens is 2. The highest BCUT2D eigenvalue weighted by Crippen LogP contribution is 2.28. The molecule has 1 aromatic heterocycles. The van der Waals surface area contributed by atoms with Crippen molar-refractivity contribution in [1.82, 2.24) is 9.55 Å². The molecule has 1 aromatic carbocycles. The number of hydrogen-bond donors (Lipinski definition) is 1. The molecular formula is C14H19N3O. The summed E-state index contributed by atoms with van der Waals surface area (Å²) in [6.07, 6.45) is 0.156.